The molecule has 9 nitrogen and oxygen atoms in total. The number of carbonyl (C=O) groups is 1. The number of benzene rings is 2. The van der Waals surface area contributed by atoms with E-state index in [9.17, 15) is 4.79 Å². The minimum atomic E-state index is 0.0388. The summed E-state index contributed by atoms with van der Waals surface area (Å²) in [5.74, 6) is 2.10. The van der Waals surface area contributed by atoms with Gasteiger partial charge >= 0.3 is 0 Å². The largest absolute Gasteiger partial charge is 0.454 e. The standard InChI is InChI=1S/C28H34N6O3/c1-32(14-20-5-3-2-4-6-20)15-23-16-34(31-30-23)17-24-12-22-9-10-33(24)18-25(22)28(35)29-13-21-7-8-26-27(11-21)37-19-36-26/h2-8,11,16,22,24-25H,9-10,12-15,17-19H2,1H3,(H,29,35)/t22?,24-,25+/m1/s1. The number of nitrogens with one attached hydrogen (secondary N) is 1. The minimum Gasteiger partial charge on any atom is -0.454 e. The van der Waals surface area contributed by atoms with E-state index in [0.717, 1.165) is 68.3 Å². The summed E-state index contributed by atoms with van der Waals surface area (Å²) in [6.07, 6.45) is 4.16. The highest BCUT2D eigenvalue weighted by Crippen LogP contribution is 2.37. The Balaban J connectivity index is 0.993. The molecule has 2 unspecified atom stereocenters. The van der Waals surface area contributed by atoms with E-state index in [2.05, 4.69) is 62.9 Å². The summed E-state index contributed by atoms with van der Waals surface area (Å²) in [6, 6.07) is 16.7. The smallest absolute Gasteiger partial charge is 0.231 e. The van der Waals surface area contributed by atoms with Crippen molar-refractivity contribution in [2.45, 2.75) is 45.1 Å². The first kappa shape index (κ1) is 23.9. The Morgan fingerprint density at radius 3 is 2.81 bits per heavy atom. The Morgan fingerprint density at radius 2 is 1.97 bits per heavy atom. The van der Waals surface area contributed by atoms with E-state index in [1.165, 1.54) is 5.56 Å². The second kappa shape index (κ2) is 10.5. The quantitative estimate of drug-likeness (QED) is 0.482. The van der Waals surface area contributed by atoms with Crippen molar-refractivity contribution >= 4 is 5.91 Å². The summed E-state index contributed by atoms with van der Waals surface area (Å²) >= 11 is 0. The predicted molar refractivity (Wildman–Crippen MR) is 138 cm³/mol. The summed E-state index contributed by atoms with van der Waals surface area (Å²) in [5, 5.41) is 12.0. The normalized spacial score (nSPS) is 23.9. The molecule has 1 N–H and O–H groups in total. The van der Waals surface area contributed by atoms with Gasteiger partial charge in [-0.1, -0.05) is 41.6 Å². The third kappa shape index (κ3) is 5.47. The van der Waals surface area contributed by atoms with Gasteiger partial charge in [-0.25, -0.2) is 0 Å². The van der Waals surface area contributed by atoms with Crippen molar-refractivity contribution < 1.29 is 14.3 Å². The SMILES string of the molecule is CN(Cc1ccccc1)Cc1cn(C[C@H]2CC3CCN2C[C@@H]3C(=O)NCc2ccc3c(c2)OCO3)nn1. The van der Waals surface area contributed by atoms with E-state index in [1.807, 2.05) is 28.9 Å². The number of aromatic nitrogens is 3. The van der Waals surface area contributed by atoms with Gasteiger partial charge in [0, 0.05) is 38.4 Å². The van der Waals surface area contributed by atoms with E-state index in [0.29, 0.717) is 18.5 Å². The molecule has 7 rings (SSSR count). The fourth-order valence-corrected chi connectivity index (χ4v) is 5.94. The Morgan fingerprint density at radius 1 is 1.11 bits per heavy atom. The summed E-state index contributed by atoms with van der Waals surface area (Å²) in [4.78, 5) is 17.8. The third-order valence-electron chi connectivity index (χ3n) is 7.83. The maximum absolute atomic E-state index is 13.1. The number of rotatable bonds is 9. The van der Waals surface area contributed by atoms with Gasteiger partial charge in [-0.3, -0.25) is 19.3 Å². The maximum atomic E-state index is 13.1. The number of fused-ring (bicyclic) bond motifs is 4. The van der Waals surface area contributed by atoms with Crippen molar-refractivity contribution in [1.82, 2.24) is 30.1 Å². The molecular formula is C28H34N6O3. The minimum absolute atomic E-state index is 0.0388. The van der Waals surface area contributed by atoms with E-state index in [1.54, 1.807) is 0 Å². The Hall–Kier alpha value is -3.43. The van der Waals surface area contributed by atoms with Crippen molar-refractivity contribution in [1.29, 1.82) is 0 Å². The Bertz CT molecular complexity index is 1230. The molecule has 194 valence electrons. The lowest BCUT2D eigenvalue weighted by Gasteiger charge is -2.49. The molecule has 3 aromatic rings. The van der Waals surface area contributed by atoms with Crippen LogP contribution in [0.1, 0.15) is 29.7 Å². The van der Waals surface area contributed by atoms with Gasteiger partial charge in [-0.2, -0.15) is 0 Å². The average Bonchev–Trinajstić information content (AvgIpc) is 3.57. The molecule has 1 amide bonds. The second-order valence-corrected chi connectivity index (χ2v) is 10.5. The van der Waals surface area contributed by atoms with Gasteiger partial charge in [-0.15, -0.1) is 5.10 Å². The zero-order chi connectivity index (χ0) is 25.2. The van der Waals surface area contributed by atoms with Crippen molar-refractivity contribution in [3.8, 4) is 11.5 Å². The first-order valence-electron chi connectivity index (χ1n) is 13.1. The number of ether oxygens (including phenoxy) is 2. The molecule has 4 aliphatic rings. The van der Waals surface area contributed by atoms with Crippen LogP contribution in [0.5, 0.6) is 11.5 Å². The van der Waals surface area contributed by atoms with Crippen LogP contribution in [0, 0.1) is 11.8 Å². The van der Waals surface area contributed by atoms with E-state index < -0.39 is 0 Å². The molecule has 3 saturated heterocycles. The highest BCUT2D eigenvalue weighted by Gasteiger charge is 2.43. The van der Waals surface area contributed by atoms with Gasteiger partial charge in [0.05, 0.1) is 18.2 Å². The van der Waals surface area contributed by atoms with Crippen molar-refractivity contribution in [3.63, 3.8) is 0 Å². The highest BCUT2D eigenvalue weighted by molar-refractivity contribution is 5.79. The number of nitrogens with zero attached hydrogens (tertiary/aromatic N) is 5. The number of amides is 1. The van der Waals surface area contributed by atoms with Crippen LogP contribution in [0.25, 0.3) is 0 Å². The third-order valence-corrected chi connectivity index (χ3v) is 7.83. The highest BCUT2D eigenvalue weighted by atomic mass is 16.7. The molecule has 0 radical (unpaired) electrons. The first-order valence-corrected chi connectivity index (χ1v) is 13.1. The molecule has 37 heavy (non-hydrogen) atoms. The molecule has 3 fully saturated rings. The topological polar surface area (TPSA) is 84.8 Å². The summed E-state index contributed by atoms with van der Waals surface area (Å²) in [6.45, 7) is 5.07. The average molecular weight is 503 g/mol. The molecule has 0 aliphatic carbocycles. The molecule has 1 aromatic heterocycles. The summed E-state index contributed by atoms with van der Waals surface area (Å²) < 4.78 is 12.8. The molecule has 9 heteroatoms. The number of hydrogen-bond acceptors (Lipinski definition) is 7. The van der Waals surface area contributed by atoms with E-state index >= 15 is 0 Å². The van der Waals surface area contributed by atoms with Crippen LogP contribution < -0.4 is 14.8 Å². The molecule has 2 bridgehead atoms. The molecular weight excluding hydrogens is 468 g/mol. The van der Waals surface area contributed by atoms with E-state index in [-0.39, 0.29) is 18.6 Å². The zero-order valence-electron chi connectivity index (χ0n) is 21.3. The number of piperidine rings is 3. The fraction of sp³-hybridized carbons (Fsp3) is 0.464. The molecule has 4 aliphatic heterocycles. The monoisotopic (exact) mass is 502 g/mol. The molecule has 5 heterocycles. The number of carbonyl (C=O) groups excluding carboxylic acids is 1. The Labute approximate surface area is 217 Å². The number of hydrogen-bond donors (Lipinski definition) is 1. The summed E-state index contributed by atoms with van der Waals surface area (Å²) in [7, 11) is 2.11. The van der Waals surface area contributed by atoms with Crippen molar-refractivity contribution in [2.24, 2.45) is 11.8 Å². The van der Waals surface area contributed by atoms with Gasteiger partial charge in [0.2, 0.25) is 12.7 Å². The molecule has 2 aromatic carbocycles. The van der Waals surface area contributed by atoms with Crippen LogP contribution >= 0.6 is 0 Å². The lowest BCUT2D eigenvalue weighted by Crippen LogP contribution is -2.58. The van der Waals surface area contributed by atoms with Crippen LogP contribution in [-0.2, 0) is 31.0 Å². The maximum Gasteiger partial charge on any atom is 0.231 e. The fourth-order valence-electron chi connectivity index (χ4n) is 5.94. The van der Waals surface area contributed by atoms with Gasteiger partial charge in [0.15, 0.2) is 11.5 Å². The molecule has 4 atom stereocenters. The van der Waals surface area contributed by atoms with Crippen LogP contribution in [0.2, 0.25) is 0 Å². The molecule has 0 spiro atoms. The van der Waals surface area contributed by atoms with E-state index in [4.69, 9.17) is 9.47 Å². The van der Waals surface area contributed by atoms with Crippen LogP contribution in [0.3, 0.4) is 0 Å². The van der Waals surface area contributed by atoms with Gasteiger partial charge in [0.1, 0.15) is 0 Å². The van der Waals surface area contributed by atoms with Crippen molar-refractivity contribution in [2.75, 3.05) is 26.9 Å². The van der Waals surface area contributed by atoms with Crippen LogP contribution in [0.4, 0.5) is 0 Å². The summed E-state index contributed by atoms with van der Waals surface area (Å²) in [5.41, 5.74) is 3.29. The zero-order valence-corrected chi connectivity index (χ0v) is 21.3. The Kier molecular flexibility index (Phi) is 6.80. The first-order chi connectivity index (χ1) is 18.1. The van der Waals surface area contributed by atoms with Crippen LogP contribution in [0.15, 0.2) is 54.7 Å². The molecule has 0 saturated carbocycles. The lowest BCUT2D eigenvalue weighted by atomic mass is 9.75. The van der Waals surface area contributed by atoms with Crippen LogP contribution in [-0.4, -0.2) is 63.7 Å². The van der Waals surface area contributed by atoms with Gasteiger partial charge in [-0.05, 0) is 55.6 Å². The van der Waals surface area contributed by atoms with Gasteiger partial charge in [0.25, 0.3) is 0 Å². The second-order valence-electron chi connectivity index (χ2n) is 10.5. The van der Waals surface area contributed by atoms with Crippen molar-refractivity contribution in [3.05, 3.63) is 71.5 Å². The van der Waals surface area contributed by atoms with Gasteiger partial charge < -0.3 is 14.8 Å². The predicted octanol–water partition coefficient (Wildman–Crippen LogP) is 2.67. The lowest BCUT2D eigenvalue weighted by molar-refractivity contribution is -0.133.